The minimum atomic E-state index is -0.0556. The summed E-state index contributed by atoms with van der Waals surface area (Å²) in [6.07, 6.45) is 17.5. The maximum atomic E-state index is 9.91. The largest absolute Gasteiger partial charge is 0.393 e. The van der Waals surface area contributed by atoms with Crippen LogP contribution in [-0.4, -0.2) is 11.2 Å². The Morgan fingerprint density at radius 1 is 0.800 bits per heavy atom. The maximum absolute atomic E-state index is 9.91. The molecule has 0 saturated heterocycles. The van der Waals surface area contributed by atoms with Crippen molar-refractivity contribution < 1.29 is 5.11 Å². The summed E-state index contributed by atoms with van der Waals surface area (Å²) in [6.45, 7) is 8.28. The third-order valence-electron chi connectivity index (χ3n) is 4.03. The Labute approximate surface area is 127 Å². The highest BCUT2D eigenvalue weighted by molar-refractivity contribution is 4.87. The Morgan fingerprint density at radius 2 is 1.25 bits per heavy atom. The topological polar surface area (TPSA) is 20.2 Å². The van der Waals surface area contributed by atoms with Crippen LogP contribution in [0, 0.1) is 0 Å². The lowest BCUT2D eigenvalue weighted by molar-refractivity contribution is 0.147. The smallest absolute Gasteiger partial charge is 0.0540 e. The van der Waals surface area contributed by atoms with Gasteiger partial charge in [-0.05, 0) is 32.6 Å². The zero-order valence-electron chi connectivity index (χ0n) is 14.1. The normalized spacial score (nSPS) is 12.6. The quantitative estimate of drug-likeness (QED) is 0.272. The van der Waals surface area contributed by atoms with Crippen molar-refractivity contribution in [2.75, 3.05) is 0 Å². The molecule has 1 heteroatoms. The zero-order chi connectivity index (χ0) is 15.1. The van der Waals surface area contributed by atoms with E-state index < -0.39 is 0 Å². The average Bonchev–Trinajstić information content (AvgIpc) is 2.41. The second-order valence-electron chi connectivity index (χ2n) is 6.47. The molecule has 0 spiro atoms. The summed E-state index contributed by atoms with van der Waals surface area (Å²) in [5, 5.41) is 9.91. The number of rotatable bonds is 15. The van der Waals surface area contributed by atoms with E-state index in [1.807, 2.05) is 0 Å². The fraction of sp³-hybridized carbons (Fsp3) is 0.895. The molecule has 120 valence electrons. The molecule has 0 aromatic carbocycles. The van der Waals surface area contributed by atoms with Crippen LogP contribution in [0.25, 0.3) is 0 Å². The van der Waals surface area contributed by atoms with Crippen LogP contribution in [0.15, 0.2) is 12.2 Å². The van der Waals surface area contributed by atoms with Crippen LogP contribution in [0.5, 0.6) is 0 Å². The standard InChI is InChI=1S/C19H38O/c1-4-5-6-7-8-9-10-13-16-19(20)17-14-11-12-15-18(2)3/h19-20H,2,4-17H2,1,3H3. The van der Waals surface area contributed by atoms with Gasteiger partial charge in [0.05, 0.1) is 6.10 Å². The lowest BCUT2D eigenvalue weighted by Gasteiger charge is -2.10. The predicted octanol–water partition coefficient (Wildman–Crippen LogP) is 6.40. The summed E-state index contributed by atoms with van der Waals surface area (Å²) in [6, 6.07) is 0. The molecule has 0 bridgehead atoms. The molecule has 0 heterocycles. The van der Waals surface area contributed by atoms with E-state index in [-0.39, 0.29) is 6.10 Å². The van der Waals surface area contributed by atoms with Crippen molar-refractivity contribution in [2.45, 2.75) is 110 Å². The van der Waals surface area contributed by atoms with E-state index in [9.17, 15) is 5.11 Å². The van der Waals surface area contributed by atoms with E-state index in [0.717, 1.165) is 19.3 Å². The summed E-state index contributed by atoms with van der Waals surface area (Å²) in [5.41, 5.74) is 1.28. The predicted molar refractivity (Wildman–Crippen MR) is 91.1 cm³/mol. The first kappa shape index (κ1) is 19.7. The number of unbranched alkanes of at least 4 members (excludes halogenated alkanes) is 9. The highest BCUT2D eigenvalue weighted by Crippen LogP contribution is 2.14. The Morgan fingerprint density at radius 3 is 1.75 bits per heavy atom. The summed E-state index contributed by atoms with van der Waals surface area (Å²) < 4.78 is 0. The van der Waals surface area contributed by atoms with Gasteiger partial charge < -0.3 is 5.11 Å². The van der Waals surface area contributed by atoms with Gasteiger partial charge in [0.1, 0.15) is 0 Å². The SMILES string of the molecule is C=C(C)CCCCCC(O)CCCCCCCCCC. The van der Waals surface area contributed by atoms with Crippen LogP contribution in [-0.2, 0) is 0 Å². The van der Waals surface area contributed by atoms with Crippen molar-refractivity contribution in [3.8, 4) is 0 Å². The number of aliphatic hydroxyl groups excluding tert-OH is 1. The van der Waals surface area contributed by atoms with E-state index in [0.29, 0.717) is 0 Å². The van der Waals surface area contributed by atoms with Gasteiger partial charge in [-0.2, -0.15) is 0 Å². The van der Waals surface area contributed by atoms with Crippen LogP contribution in [0.2, 0.25) is 0 Å². The van der Waals surface area contributed by atoms with Gasteiger partial charge in [-0.3, -0.25) is 0 Å². The van der Waals surface area contributed by atoms with Gasteiger partial charge in [0.25, 0.3) is 0 Å². The van der Waals surface area contributed by atoms with Gasteiger partial charge in [-0.25, -0.2) is 0 Å². The van der Waals surface area contributed by atoms with Gasteiger partial charge in [0, 0.05) is 0 Å². The van der Waals surface area contributed by atoms with E-state index in [1.54, 1.807) is 0 Å². The van der Waals surface area contributed by atoms with Gasteiger partial charge in [0.2, 0.25) is 0 Å². The van der Waals surface area contributed by atoms with Crippen molar-refractivity contribution >= 4 is 0 Å². The van der Waals surface area contributed by atoms with Gasteiger partial charge >= 0.3 is 0 Å². The Balaban J connectivity index is 3.16. The van der Waals surface area contributed by atoms with Crippen molar-refractivity contribution in [1.29, 1.82) is 0 Å². The molecule has 0 aromatic heterocycles. The van der Waals surface area contributed by atoms with Crippen LogP contribution < -0.4 is 0 Å². The first-order valence-electron chi connectivity index (χ1n) is 8.99. The molecule has 1 unspecified atom stereocenters. The molecule has 0 aromatic rings. The first-order valence-corrected chi connectivity index (χ1v) is 8.99. The molecule has 20 heavy (non-hydrogen) atoms. The third-order valence-corrected chi connectivity index (χ3v) is 4.03. The minimum Gasteiger partial charge on any atom is -0.393 e. The van der Waals surface area contributed by atoms with E-state index >= 15 is 0 Å². The number of hydrogen-bond acceptors (Lipinski definition) is 1. The molecular weight excluding hydrogens is 244 g/mol. The monoisotopic (exact) mass is 282 g/mol. The molecule has 0 amide bonds. The van der Waals surface area contributed by atoms with Crippen molar-refractivity contribution in [1.82, 2.24) is 0 Å². The zero-order valence-corrected chi connectivity index (χ0v) is 14.1. The van der Waals surface area contributed by atoms with Crippen LogP contribution >= 0.6 is 0 Å². The number of aliphatic hydroxyl groups is 1. The lowest BCUT2D eigenvalue weighted by Crippen LogP contribution is -2.05. The van der Waals surface area contributed by atoms with Gasteiger partial charge in [-0.1, -0.05) is 76.7 Å². The van der Waals surface area contributed by atoms with Crippen LogP contribution in [0.3, 0.4) is 0 Å². The van der Waals surface area contributed by atoms with Crippen LogP contribution in [0.4, 0.5) is 0 Å². The molecule has 0 aliphatic carbocycles. The number of allylic oxidation sites excluding steroid dienone is 1. The fourth-order valence-corrected chi connectivity index (χ4v) is 2.64. The average molecular weight is 283 g/mol. The van der Waals surface area contributed by atoms with Gasteiger partial charge in [-0.15, -0.1) is 6.58 Å². The first-order chi connectivity index (χ1) is 9.66. The third kappa shape index (κ3) is 15.8. The van der Waals surface area contributed by atoms with Crippen molar-refractivity contribution in [3.05, 3.63) is 12.2 Å². The summed E-state index contributed by atoms with van der Waals surface area (Å²) in [5.74, 6) is 0. The van der Waals surface area contributed by atoms with Gasteiger partial charge in [0.15, 0.2) is 0 Å². The highest BCUT2D eigenvalue weighted by atomic mass is 16.3. The van der Waals surface area contributed by atoms with Crippen molar-refractivity contribution in [3.63, 3.8) is 0 Å². The molecule has 1 atom stereocenters. The highest BCUT2D eigenvalue weighted by Gasteiger charge is 2.03. The summed E-state index contributed by atoms with van der Waals surface area (Å²) in [4.78, 5) is 0. The van der Waals surface area contributed by atoms with Crippen molar-refractivity contribution in [2.24, 2.45) is 0 Å². The molecule has 1 nitrogen and oxygen atoms in total. The van der Waals surface area contributed by atoms with E-state index in [2.05, 4.69) is 20.4 Å². The maximum Gasteiger partial charge on any atom is 0.0540 e. The Kier molecular flexibility index (Phi) is 14.9. The molecule has 0 rings (SSSR count). The molecule has 0 saturated carbocycles. The minimum absolute atomic E-state index is 0.0556. The fourth-order valence-electron chi connectivity index (χ4n) is 2.64. The second kappa shape index (κ2) is 15.1. The lowest BCUT2D eigenvalue weighted by atomic mass is 10.0. The molecule has 0 fully saturated rings. The number of hydrogen-bond donors (Lipinski definition) is 1. The molecular formula is C19H38O. The summed E-state index contributed by atoms with van der Waals surface area (Å²) >= 11 is 0. The van der Waals surface area contributed by atoms with E-state index in [4.69, 9.17) is 0 Å². The molecule has 0 aliphatic rings. The molecule has 0 aliphatic heterocycles. The second-order valence-corrected chi connectivity index (χ2v) is 6.47. The Hall–Kier alpha value is -0.300. The van der Waals surface area contributed by atoms with E-state index in [1.165, 1.54) is 76.2 Å². The molecule has 0 radical (unpaired) electrons. The molecule has 1 N–H and O–H groups in total. The Bertz CT molecular complexity index is 210. The summed E-state index contributed by atoms with van der Waals surface area (Å²) in [7, 11) is 0. The van der Waals surface area contributed by atoms with Crippen LogP contribution in [0.1, 0.15) is 104 Å².